The molecule has 1 atom stereocenters. The van der Waals surface area contributed by atoms with Gasteiger partial charge in [0.05, 0.1) is 18.1 Å². The lowest BCUT2D eigenvalue weighted by molar-refractivity contribution is 0.0394. The van der Waals surface area contributed by atoms with Gasteiger partial charge in [0.15, 0.2) is 0 Å². The first kappa shape index (κ1) is 17.6. The van der Waals surface area contributed by atoms with Gasteiger partial charge in [-0.25, -0.2) is 9.97 Å². The summed E-state index contributed by atoms with van der Waals surface area (Å²) in [6, 6.07) is 2.06. The highest BCUT2D eigenvalue weighted by atomic mass is 16.3. The number of amides is 1. The molecule has 134 valence electrons. The molecule has 7 nitrogen and oxygen atoms in total. The van der Waals surface area contributed by atoms with Crippen molar-refractivity contribution in [3.63, 3.8) is 0 Å². The van der Waals surface area contributed by atoms with Crippen LogP contribution in [0.2, 0.25) is 0 Å². The Hall–Kier alpha value is -2.25. The average Bonchev–Trinajstić information content (AvgIpc) is 3.16. The van der Waals surface area contributed by atoms with Gasteiger partial charge in [-0.3, -0.25) is 9.69 Å². The van der Waals surface area contributed by atoms with Gasteiger partial charge in [0, 0.05) is 63.2 Å². The molecule has 0 aromatic carbocycles. The highest BCUT2D eigenvalue weighted by Gasteiger charge is 2.30. The largest absolute Gasteiger partial charge is 0.472 e. The zero-order valence-electron chi connectivity index (χ0n) is 14.5. The Balaban J connectivity index is 1.66. The summed E-state index contributed by atoms with van der Waals surface area (Å²) in [7, 11) is 0. The number of hydrogen-bond acceptors (Lipinski definition) is 6. The minimum Gasteiger partial charge on any atom is -0.472 e. The maximum absolute atomic E-state index is 12.7. The van der Waals surface area contributed by atoms with Crippen molar-refractivity contribution in [3.05, 3.63) is 47.9 Å². The van der Waals surface area contributed by atoms with E-state index in [2.05, 4.69) is 14.9 Å². The number of carbonyl (C=O) groups excluding carboxylic acids is 1. The predicted molar refractivity (Wildman–Crippen MR) is 91.9 cm³/mol. The number of carbonyl (C=O) groups is 1. The van der Waals surface area contributed by atoms with E-state index in [4.69, 9.17) is 4.42 Å². The number of aromatic nitrogens is 2. The second kappa shape index (κ2) is 8.22. The fourth-order valence-corrected chi connectivity index (χ4v) is 3.16. The Bertz CT molecular complexity index is 672. The number of rotatable bonds is 6. The van der Waals surface area contributed by atoms with Crippen LogP contribution in [0.25, 0.3) is 0 Å². The van der Waals surface area contributed by atoms with Crippen molar-refractivity contribution in [2.75, 3.05) is 26.2 Å². The van der Waals surface area contributed by atoms with Gasteiger partial charge in [-0.2, -0.15) is 0 Å². The van der Waals surface area contributed by atoms with E-state index in [-0.39, 0.29) is 18.6 Å². The number of aliphatic hydroxyl groups is 1. The van der Waals surface area contributed by atoms with Crippen LogP contribution >= 0.6 is 0 Å². The van der Waals surface area contributed by atoms with E-state index in [0.29, 0.717) is 25.1 Å². The summed E-state index contributed by atoms with van der Waals surface area (Å²) in [5.74, 6) is 0.688. The van der Waals surface area contributed by atoms with E-state index < -0.39 is 0 Å². The number of aryl methyl sites for hydroxylation is 1. The van der Waals surface area contributed by atoms with E-state index in [9.17, 15) is 9.90 Å². The maximum atomic E-state index is 12.7. The van der Waals surface area contributed by atoms with Gasteiger partial charge in [-0.1, -0.05) is 6.92 Å². The number of aliphatic hydroxyl groups excluding tert-OH is 1. The molecule has 1 saturated heterocycles. The molecule has 0 unspecified atom stereocenters. The van der Waals surface area contributed by atoms with Gasteiger partial charge < -0.3 is 14.4 Å². The van der Waals surface area contributed by atoms with Gasteiger partial charge in [-0.05, 0) is 12.5 Å². The Morgan fingerprint density at radius 1 is 1.36 bits per heavy atom. The minimum absolute atomic E-state index is 0.0476. The highest BCUT2D eigenvalue weighted by molar-refractivity contribution is 5.93. The lowest BCUT2D eigenvalue weighted by Gasteiger charge is -2.41. The minimum atomic E-state index is -0.0476. The second-order valence-electron chi connectivity index (χ2n) is 6.26. The molecule has 0 aliphatic carbocycles. The Labute approximate surface area is 147 Å². The Morgan fingerprint density at radius 2 is 2.16 bits per heavy atom. The summed E-state index contributed by atoms with van der Waals surface area (Å²) in [6.45, 7) is 4.84. The normalized spacial score (nSPS) is 18.5. The topological polar surface area (TPSA) is 82.7 Å². The van der Waals surface area contributed by atoms with E-state index in [1.807, 2.05) is 17.9 Å². The summed E-state index contributed by atoms with van der Waals surface area (Å²) in [5, 5.41) is 9.39. The third kappa shape index (κ3) is 4.24. The summed E-state index contributed by atoms with van der Waals surface area (Å²) in [6.07, 6.45) is 7.99. The lowest BCUT2D eigenvalue weighted by atomic mass is 10.1. The quantitative estimate of drug-likeness (QED) is 0.851. The fraction of sp³-hybridized carbons (Fsp3) is 0.500. The monoisotopic (exact) mass is 344 g/mol. The van der Waals surface area contributed by atoms with Crippen LogP contribution < -0.4 is 0 Å². The third-order valence-corrected chi connectivity index (χ3v) is 4.59. The molecule has 1 aliphatic rings. The van der Waals surface area contributed by atoms with Crippen molar-refractivity contribution >= 4 is 5.91 Å². The summed E-state index contributed by atoms with van der Waals surface area (Å²) < 4.78 is 5.13. The predicted octanol–water partition coefficient (Wildman–Crippen LogP) is 1.34. The first-order valence-electron chi connectivity index (χ1n) is 8.67. The van der Waals surface area contributed by atoms with Crippen LogP contribution in [0.1, 0.15) is 35.1 Å². The van der Waals surface area contributed by atoms with Gasteiger partial charge in [-0.15, -0.1) is 0 Å². The molecule has 7 heteroatoms. The molecule has 2 aromatic rings. The Morgan fingerprint density at radius 3 is 2.80 bits per heavy atom. The SMILES string of the molecule is CCc1ncc(C(=O)N2CCN(Cc3ccoc3)[C@H](CCO)C2)cn1. The van der Waals surface area contributed by atoms with Gasteiger partial charge in [0.2, 0.25) is 0 Å². The van der Waals surface area contributed by atoms with Gasteiger partial charge >= 0.3 is 0 Å². The average molecular weight is 344 g/mol. The van der Waals surface area contributed by atoms with Crippen molar-refractivity contribution in [1.82, 2.24) is 19.8 Å². The second-order valence-corrected chi connectivity index (χ2v) is 6.26. The van der Waals surface area contributed by atoms with Crippen molar-refractivity contribution in [2.45, 2.75) is 32.4 Å². The van der Waals surface area contributed by atoms with Crippen molar-refractivity contribution in [2.24, 2.45) is 0 Å². The number of furan rings is 1. The highest BCUT2D eigenvalue weighted by Crippen LogP contribution is 2.18. The first-order valence-corrected chi connectivity index (χ1v) is 8.67. The molecule has 1 fully saturated rings. The van der Waals surface area contributed by atoms with E-state index in [1.54, 1.807) is 24.9 Å². The third-order valence-electron chi connectivity index (χ3n) is 4.59. The fourth-order valence-electron chi connectivity index (χ4n) is 3.16. The zero-order chi connectivity index (χ0) is 17.6. The molecule has 1 amide bonds. The summed E-state index contributed by atoms with van der Waals surface area (Å²) in [4.78, 5) is 25.3. The van der Waals surface area contributed by atoms with Crippen LogP contribution in [0.3, 0.4) is 0 Å². The number of hydrogen-bond donors (Lipinski definition) is 1. The van der Waals surface area contributed by atoms with Gasteiger partial charge in [0.25, 0.3) is 5.91 Å². The van der Waals surface area contributed by atoms with Crippen LogP contribution in [-0.2, 0) is 13.0 Å². The van der Waals surface area contributed by atoms with E-state index >= 15 is 0 Å². The number of piperazine rings is 1. The molecule has 0 bridgehead atoms. The molecular weight excluding hydrogens is 320 g/mol. The molecule has 0 radical (unpaired) electrons. The summed E-state index contributed by atoms with van der Waals surface area (Å²) in [5.41, 5.74) is 1.62. The molecule has 3 rings (SSSR count). The maximum Gasteiger partial charge on any atom is 0.257 e. The summed E-state index contributed by atoms with van der Waals surface area (Å²) >= 11 is 0. The van der Waals surface area contributed by atoms with Crippen molar-refractivity contribution in [3.8, 4) is 0 Å². The molecule has 0 saturated carbocycles. The van der Waals surface area contributed by atoms with Crippen LogP contribution in [0.4, 0.5) is 0 Å². The standard InChI is InChI=1S/C18H24N4O3/c1-2-17-19-9-15(10-20-17)18(24)22-6-5-21(16(12-22)3-7-23)11-14-4-8-25-13-14/h4,8-10,13,16,23H,2-3,5-7,11-12H2,1H3/t16-/m1/s1. The van der Waals surface area contributed by atoms with E-state index in [0.717, 1.165) is 30.9 Å². The molecule has 3 heterocycles. The first-order chi connectivity index (χ1) is 12.2. The smallest absolute Gasteiger partial charge is 0.257 e. The van der Waals surface area contributed by atoms with Crippen LogP contribution in [0, 0.1) is 0 Å². The Kier molecular flexibility index (Phi) is 5.78. The van der Waals surface area contributed by atoms with Crippen LogP contribution in [-0.4, -0.2) is 63.1 Å². The zero-order valence-corrected chi connectivity index (χ0v) is 14.5. The van der Waals surface area contributed by atoms with Crippen LogP contribution in [0.15, 0.2) is 35.4 Å². The van der Waals surface area contributed by atoms with Crippen molar-refractivity contribution in [1.29, 1.82) is 0 Å². The molecule has 1 N–H and O–H groups in total. The number of nitrogens with zero attached hydrogens (tertiary/aromatic N) is 4. The van der Waals surface area contributed by atoms with E-state index in [1.165, 1.54) is 0 Å². The molecule has 0 spiro atoms. The molecule has 25 heavy (non-hydrogen) atoms. The van der Waals surface area contributed by atoms with Crippen LogP contribution in [0.5, 0.6) is 0 Å². The lowest BCUT2D eigenvalue weighted by Crippen LogP contribution is -2.54. The molecule has 1 aliphatic heterocycles. The molecular formula is C18H24N4O3. The van der Waals surface area contributed by atoms with Gasteiger partial charge in [0.1, 0.15) is 5.82 Å². The van der Waals surface area contributed by atoms with Crippen molar-refractivity contribution < 1.29 is 14.3 Å². The molecule has 2 aromatic heterocycles.